The highest BCUT2D eigenvalue weighted by molar-refractivity contribution is 5.28. The van der Waals surface area contributed by atoms with Gasteiger partial charge in [0.15, 0.2) is 0 Å². The summed E-state index contributed by atoms with van der Waals surface area (Å²) in [5.74, 6) is 0. The van der Waals surface area contributed by atoms with Gasteiger partial charge in [-0.3, -0.25) is 0 Å². The predicted molar refractivity (Wildman–Crippen MR) is 103 cm³/mol. The number of hydrogen-bond acceptors (Lipinski definition) is 1. The van der Waals surface area contributed by atoms with Gasteiger partial charge in [-0.1, -0.05) is 87.4 Å². The van der Waals surface area contributed by atoms with Crippen molar-refractivity contribution in [3.8, 4) is 0 Å². The highest BCUT2D eigenvalue weighted by atomic mass is 15.0. The third-order valence-electron chi connectivity index (χ3n) is 4.11. The van der Waals surface area contributed by atoms with Gasteiger partial charge in [0, 0.05) is 12.1 Å². The van der Waals surface area contributed by atoms with Gasteiger partial charge < -0.3 is 5.32 Å². The van der Waals surface area contributed by atoms with E-state index in [1.165, 1.54) is 35.1 Å². The minimum atomic E-state index is 0.506. The van der Waals surface area contributed by atoms with E-state index in [0.29, 0.717) is 12.1 Å². The maximum absolute atomic E-state index is 3.76. The Morgan fingerprint density at radius 2 is 0.913 bits per heavy atom. The molecule has 1 heteroatoms. The van der Waals surface area contributed by atoms with Crippen LogP contribution in [-0.2, 0) is 0 Å². The van der Waals surface area contributed by atoms with Crippen LogP contribution >= 0.6 is 0 Å². The molecule has 1 heterocycles. The molecule has 1 N–H and O–H groups in total. The first-order valence-electron chi connectivity index (χ1n) is 9.11. The number of aryl methyl sites for hydroxylation is 2. The first kappa shape index (κ1) is 19.4. The molecule has 1 nitrogen and oxygen atoms in total. The van der Waals surface area contributed by atoms with Crippen molar-refractivity contribution < 1.29 is 0 Å². The smallest absolute Gasteiger partial charge is 0.0326 e. The Morgan fingerprint density at radius 3 is 1.22 bits per heavy atom. The summed E-state index contributed by atoms with van der Waals surface area (Å²) in [6, 6.07) is 18.8. The largest absolute Gasteiger partial charge is 0.303 e. The monoisotopic (exact) mass is 311 g/mol. The number of hydrogen-bond donors (Lipinski definition) is 1. The zero-order chi connectivity index (χ0) is 17.2. The highest BCUT2D eigenvalue weighted by Gasteiger charge is 2.25. The van der Waals surface area contributed by atoms with E-state index in [1.807, 2.05) is 27.7 Å². The molecule has 2 unspecified atom stereocenters. The van der Waals surface area contributed by atoms with Crippen LogP contribution in [0, 0.1) is 13.8 Å². The van der Waals surface area contributed by atoms with E-state index in [4.69, 9.17) is 0 Å². The maximum atomic E-state index is 3.76. The second kappa shape index (κ2) is 10.2. The number of benzene rings is 2. The lowest BCUT2D eigenvalue weighted by molar-refractivity contribution is 0.574. The van der Waals surface area contributed by atoms with Crippen LogP contribution in [0.3, 0.4) is 0 Å². The molecule has 0 amide bonds. The third kappa shape index (κ3) is 5.51. The van der Waals surface area contributed by atoms with Crippen LogP contribution in [0.1, 0.15) is 74.9 Å². The van der Waals surface area contributed by atoms with Crippen LogP contribution < -0.4 is 5.32 Å². The van der Waals surface area contributed by atoms with E-state index in [-0.39, 0.29) is 0 Å². The molecule has 0 bridgehead atoms. The van der Waals surface area contributed by atoms with Crippen molar-refractivity contribution in [2.75, 3.05) is 0 Å². The predicted octanol–water partition coefficient (Wildman–Crippen LogP) is 6.52. The highest BCUT2D eigenvalue weighted by Crippen LogP contribution is 2.34. The Labute approximate surface area is 143 Å². The van der Waals surface area contributed by atoms with Crippen molar-refractivity contribution in [2.45, 2.75) is 66.5 Å². The molecule has 0 spiro atoms. The van der Waals surface area contributed by atoms with Crippen molar-refractivity contribution in [2.24, 2.45) is 0 Å². The molecule has 0 saturated carbocycles. The summed E-state index contributed by atoms with van der Waals surface area (Å²) in [6.45, 7) is 12.3. The molecule has 0 aromatic heterocycles. The Kier molecular flexibility index (Phi) is 8.65. The molecule has 23 heavy (non-hydrogen) atoms. The van der Waals surface area contributed by atoms with Gasteiger partial charge in [-0.2, -0.15) is 0 Å². The van der Waals surface area contributed by atoms with Gasteiger partial charge in [0.25, 0.3) is 0 Å². The van der Waals surface area contributed by atoms with Crippen molar-refractivity contribution in [1.29, 1.82) is 0 Å². The molecule has 1 aliphatic heterocycles. The molecule has 2 aromatic rings. The first-order chi connectivity index (χ1) is 11.2. The second-order valence-electron chi connectivity index (χ2n) is 5.67. The minimum absolute atomic E-state index is 0.506. The number of rotatable bonds is 2. The fraction of sp³-hybridized carbons (Fsp3) is 0.455. The molecule has 1 fully saturated rings. The van der Waals surface area contributed by atoms with Crippen molar-refractivity contribution in [3.63, 3.8) is 0 Å². The molecule has 126 valence electrons. The topological polar surface area (TPSA) is 12.0 Å². The molecule has 0 aliphatic carbocycles. The Balaban J connectivity index is 0.000000615. The van der Waals surface area contributed by atoms with Crippen LogP contribution in [-0.4, -0.2) is 0 Å². The first-order valence-corrected chi connectivity index (χ1v) is 9.11. The molecule has 1 saturated heterocycles. The summed E-state index contributed by atoms with van der Waals surface area (Å²) in [4.78, 5) is 0. The van der Waals surface area contributed by atoms with Gasteiger partial charge >= 0.3 is 0 Å². The Hall–Kier alpha value is -1.60. The SMILES string of the molecule is CC.CC.Cc1ccc(C2CCC(c3ccc(C)cc3)N2)cc1. The lowest BCUT2D eigenvalue weighted by Gasteiger charge is -2.15. The summed E-state index contributed by atoms with van der Waals surface area (Å²) < 4.78 is 0. The third-order valence-corrected chi connectivity index (χ3v) is 4.11. The standard InChI is InChI=1S/C18H21N.2C2H6/c1-13-3-7-15(8-4-13)17-11-12-18(19-17)16-9-5-14(2)6-10-16;2*1-2/h3-10,17-19H,11-12H2,1-2H3;2*1-2H3. The zero-order valence-electron chi connectivity index (χ0n) is 15.7. The molecule has 2 aromatic carbocycles. The van der Waals surface area contributed by atoms with Crippen LogP contribution in [0.25, 0.3) is 0 Å². The van der Waals surface area contributed by atoms with Crippen molar-refractivity contribution in [1.82, 2.24) is 5.32 Å². The summed E-state index contributed by atoms with van der Waals surface area (Å²) in [7, 11) is 0. The summed E-state index contributed by atoms with van der Waals surface area (Å²) >= 11 is 0. The summed E-state index contributed by atoms with van der Waals surface area (Å²) in [5, 5.41) is 3.76. The summed E-state index contributed by atoms with van der Waals surface area (Å²) in [5.41, 5.74) is 5.49. The summed E-state index contributed by atoms with van der Waals surface area (Å²) in [6.07, 6.45) is 2.45. The Morgan fingerprint density at radius 1 is 0.609 bits per heavy atom. The van der Waals surface area contributed by atoms with E-state index in [2.05, 4.69) is 67.7 Å². The lowest BCUT2D eigenvalue weighted by atomic mass is 10.0. The second-order valence-corrected chi connectivity index (χ2v) is 5.67. The van der Waals surface area contributed by atoms with E-state index in [0.717, 1.165) is 0 Å². The molecule has 2 atom stereocenters. The van der Waals surface area contributed by atoms with Crippen LogP contribution in [0.4, 0.5) is 0 Å². The van der Waals surface area contributed by atoms with Crippen LogP contribution in [0.15, 0.2) is 48.5 Å². The quantitative estimate of drug-likeness (QED) is 0.665. The van der Waals surface area contributed by atoms with Gasteiger partial charge in [-0.25, -0.2) is 0 Å². The van der Waals surface area contributed by atoms with Gasteiger partial charge in [0.1, 0.15) is 0 Å². The van der Waals surface area contributed by atoms with E-state index >= 15 is 0 Å². The fourth-order valence-corrected chi connectivity index (χ4v) is 2.87. The van der Waals surface area contributed by atoms with Crippen molar-refractivity contribution >= 4 is 0 Å². The van der Waals surface area contributed by atoms with E-state index in [9.17, 15) is 0 Å². The molecule has 0 radical (unpaired) electrons. The van der Waals surface area contributed by atoms with Crippen LogP contribution in [0.2, 0.25) is 0 Å². The minimum Gasteiger partial charge on any atom is -0.303 e. The van der Waals surface area contributed by atoms with Gasteiger partial charge in [-0.15, -0.1) is 0 Å². The Bertz CT molecular complexity index is 488. The van der Waals surface area contributed by atoms with Crippen molar-refractivity contribution in [3.05, 3.63) is 70.8 Å². The van der Waals surface area contributed by atoms with E-state index in [1.54, 1.807) is 0 Å². The fourth-order valence-electron chi connectivity index (χ4n) is 2.87. The number of nitrogens with one attached hydrogen (secondary N) is 1. The molecule has 1 aliphatic rings. The normalized spacial score (nSPS) is 19.2. The zero-order valence-corrected chi connectivity index (χ0v) is 15.7. The average molecular weight is 312 g/mol. The molecular weight excluding hydrogens is 278 g/mol. The molecular formula is C22H33N. The van der Waals surface area contributed by atoms with Gasteiger partial charge in [-0.05, 0) is 37.8 Å². The lowest BCUT2D eigenvalue weighted by Crippen LogP contribution is -2.17. The van der Waals surface area contributed by atoms with Crippen LogP contribution in [0.5, 0.6) is 0 Å². The maximum Gasteiger partial charge on any atom is 0.0326 e. The average Bonchev–Trinajstić information content (AvgIpc) is 3.10. The van der Waals surface area contributed by atoms with E-state index < -0.39 is 0 Å². The van der Waals surface area contributed by atoms with Gasteiger partial charge in [0.2, 0.25) is 0 Å². The van der Waals surface area contributed by atoms with Gasteiger partial charge in [0.05, 0.1) is 0 Å². The molecule has 3 rings (SSSR count).